The van der Waals surface area contributed by atoms with Gasteiger partial charge >= 0.3 is 30.0 Å². The highest BCUT2D eigenvalue weighted by molar-refractivity contribution is 5.91. The predicted octanol–water partition coefficient (Wildman–Crippen LogP) is 11.8. The van der Waals surface area contributed by atoms with Gasteiger partial charge in [0.05, 0.1) is 17.9 Å². The van der Waals surface area contributed by atoms with Crippen molar-refractivity contribution in [2.24, 2.45) is 10.8 Å². The molecule has 13 heteroatoms. The third kappa shape index (κ3) is 22.9. The molecular weight excluding hydrogens is 831 g/mol. The van der Waals surface area contributed by atoms with Crippen LogP contribution in [-0.4, -0.2) is 80.5 Å². The third-order valence-corrected chi connectivity index (χ3v) is 11.8. The number of imide groups is 1. The molecule has 65 heavy (non-hydrogen) atoms. The van der Waals surface area contributed by atoms with Crippen molar-refractivity contribution in [2.45, 2.75) is 189 Å². The van der Waals surface area contributed by atoms with E-state index in [1.54, 1.807) is 21.0 Å². The number of benzene rings is 2. The second-order valence-corrected chi connectivity index (χ2v) is 18.5. The summed E-state index contributed by atoms with van der Waals surface area (Å²) in [4.78, 5) is 77.4. The summed E-state index contributed by atoms with van der Waals surface area (Å²) in [6, 6.07) is 11.6. The molecule has 0 saturated carbocycles. The summed E-state index contributed by atoms with van der Waals surface area (Å²) in [5, 5.41) is 1.98. The largest absolute Gasteiger partial charge is 0.497 e. The lowest BCUT2D eigenvalue weighted by Crippen LogP contribution is -2.38. The predicted molar refractivity (Wildman–Crippen MR) is 252 cm³/mol. The number of methoxy groups -OCH3 is 1. The third-order valence-electron chi connectivity index (χ3n) is 11.8. The minimum absolute atomic E-state index is 0.0906. The van der Waals surface area contributed by atoms with Gasteiger partial charge in [-0.05, 0) is 88.3 Å². The van der Waals surface area contributed by atoms with E-state index >= 15 is 0 Å². The Morgan fingerprint density at radius 1 is 0.615 bits per heavy atom. The lowest BCUT2D eigenvalue weighted by atomic mass is 9.86. The highest BCUT2D eigenvalue weighted by Crippen LogP contribution is 2.29. The number of amides is 2. The first-order valence-electron chi connectivity index (χ1n) is 24.2. The van der Waals surface area contributed by atoms with Crippen LogP contribution in [0.2, 0.25) is 0 Å². The topological polar surface area (TPSA) is 161 Å². The standard InChI is InChI=1S/C52H81NO12/c1-9-11-13-17-21-28-46(55)61-37-44(38-62-47(56)29-22-18-14-12-10-2)65-49(58)52(6,7)34-24-20-16-15-19-23-33-51(4,5)48(57)63-39-64-50(59)53(40(3)54)35-32-42-27-25-26-41-30-31-43(60-8)36-45(41)42/h25-27,30-31,36,44H,9-24,28-29,32-35,37-39H2,1-8H3. The van der Waals surface area contributed by atoms with E-state index < -0.39 is 47.7 Å². The molecule has 0 N–H and O–H groups in total. The van der Waals surface area contributed by atoms with Gasteiger partial charge in [0.25, 0.3) is 0 Å². The minimum atomic E-state index is -0.883. The molecule has 2 aromatic carbocycles. The molecule has 0 aromatic heterocycles. The molecule has 13 nitrogen and oxygen atoms in total. The zero-order valence-corrected chi connectivity index (χ0v) is 41.1. The molecule has 0 heterocycles. The van der Waals surface area contributed by atoms with Crippen molar-refractivity contribution in [1.29, 1.82) is 0 Å². The quantitative estimate of drug-likeness (QED) is 0.0283. The Kier molecular flexibility index (Phi) is 27.2. The van der Waals surface area contributed by atoms with E-state index in [2.05, 4.69) is 13.8 Å². The summed E-state index contributed by atoms with van der Waals surface area (Å²) in [6.45, 7) is 12.0. The van der Waals surface area contributed by atoms with Crippen molar-refractivity contribution in [2.75, 3.05) is 33.7 Å². The first-order chi connectivity index (χ1) is 31.0. The van der Waals surface area contributed by atoms with Crippen molar-refractivity contribution < 1.29 is 57.2 Å². The molecule has 2 rings (SSSR count). The van der Waals surface area contributed by atoms with Crippen molar-refractivity contribution >= 4 is 46.7 Å². The zero-order chi connectivity index (χ0) is 48.1. The molecule has 0 spiro atoms. The number of rotatable bonds is 34. The second-order valence-electron chi connectivity index (χ2n) is 18.5. The molecule has 0 unspecified atom stereocenters. The van der Waals surface area contributed by atoms with Crippen LogP contribution in [0.15, 0.2) is 36.4 Å². The van der Waals surface area contributed by atoms with Gasteiger partial charge in [0, 0.05) is 26.3 Å². The fourth-order valence-electron chi connectivity index (χ4n) is 7.41. The van der Waals surface area contributed by atoms with Crippen LogP contribution in [0.4, 0.5) is 4.79 Å². The minimum Gasteiger partial charge on any atom is -0.497 e. The normalized spacial score (nSPS) is 11.6. The van der Waals surface area contributed by atoms with E-state index in [1.165, 1.54) is 6.92 Å². The number of fused-ring (bicyclic) bond motifs is 1. The SMILES string of the molecule is CCCCCCCC(=O)OCC(COC(=O)CCCCCCC)OC(=O)C(C)(C)CCCCCCCCC(C)(C)C(=O)OCOC(=O)N(CCc1cccc2ccc(OC)cc12)C(C)=O. The van der Waals surface area contributed by atoms with Crippen molar-refractivity contribution in [3.63, 3.8) is 0 Å². The molecule has 0 aliphatic heterocycles. The van der Waals surface area contributed by atoms with Crippen LogP contribution in [0.1, 0.15) is 182 Å². The van der Waals surface area contributed by atoms with Crippen molar-refractivity contribution in [3.8, 4) is 5.75 Å². The Hall–Kier alpha value is -4.68. The fourth-order valence-corrected chi connectivity index (χ4v) is 7.41. The second kappa shape index (κ2) is 31.3. The van der Waals surface area contributed by atoms with E-state index in [9.17, 15) is 28.8 Å². The summed E-state index contributed by atoms with van der Waals surface area (Å²) >= 11 is 0. The van der Waals surface area contributed by atoms with Crippen LogP contribution in [0.5, 0.6) is 5.75 Å². The molecule has 0 fully saturated rings. The number of hydrogen-bond acceptors (Lipinski definition) is 12. The summed E-state index contributed by atoms with van der Waals surface area (Å²) in [6.07, 6.45) is 15.8. The molecule has 2 aromatic rings. The van der Waals surface area contributed by atoms with Gasteiger partial charge in [-0.2, -0.15) is 0 Å². The van der Waals surface area contributed by atoms with Gasteiger partial charge in [0.15, 0.2) is 6.10 Å². The first kappa shape index (κ1) is 56.4. The Morgan fingerprint density at radius 2 is 1.14 bits per heavy atom. The maximum atomic E-state index is 13.4. The molecular formula is C52H81NO12. The highest BCUT2D eigenvalue weighted by atomic mass is 16.7. The average Bonchev–Trinajstić information content (AvgIpc) is 3.27. The number of ether oxygens (including phenoxy) is 6. The summed E-state index contributed by atoms with van der Waals surface area (Å²) in [5.41, 5.74) is -0.648. The summed E-state index contributed by atoms with van der Waals surface area (Å²) < 4.78 is 32.6. The Labute approximate surface area is 389 Å². The smallest absolute Gasteiger partial charge is 0.419 e. The van der Waals surface area contributed by atoms with E-state index in [0.29, 0.717) is 37.9 Å². The van der Waals surface area contributed by atoms with Crippen LogP contribution in [-0.2, 0) is 54.1 Å². The van der Waals surface area contributed by atoms with E-state index in [-0.39, 0.29) is 31.7 Å². The molecule has 0 atom stereocenters. The average molecular weight is 912 g/mol. The lowest BCUT2D eigenvalue weighted by molar-refractivity contribution is -0.173. The van der Waals surface area contributed by atoms with Gasteiger partial charge in [0.2, 0.25) is 12.7 Å². The number of unbranched alkanes of at least 4 members (excludes halogenated alkanes) is 13. The molecule has 2 amide bonds. The van der Waals surface area contributed by atoms with Gasteiger partial charge in [-0.25, -0.2) is 9.69 Å². The summed E-state index contributed by atoms with van der Waals surface area (Å²) in [7, 11) is 1.60. The molecule has 366 valence electrons. The van der Waals surface area contributed by atoms with Gasteiger partial charge in [-0.1, -0.05) is 128 Å². The van der Waals surface area contributed by atoms with Gasteiger partial charge in [0.1, 0.15) is 19.0 Å². The number of carbonyl (C=O) groups excluding carboxylic acids is 6. The van der Waals surface area contributed by atoms with Crippen molar-refractivity contribution in [3.05, 3.63) is 42.0 Å². The van der Waals surface area contributed by atoms with Gasteiger partial charge < -0.3 is 28.4 Å². The summed E-state index contributed by atoms with van der Waals surface area (Å²) in [5.74, 6) is -1.39. The number of esters is 4. The fraction of sp³-hybridized carbons (Fsp3) is 0.692. The molecule has 0 aliphatic rings. The number of carbonyl (C=O) groups is 6. The van der Waals surface area contributed by atoms with Crippen LogP contribution < -0.4 is 4.74 Å². The van der Waals surface area contributed by atoms with Gasteiger partial charge in [-0.3, -0.25) is 24.0 Å². The molecule has 0 bridgehead atoms. The van der Waals surface area contributed by atoms with Crippen molar-refractivity contribution in [1.82, 2.24) is 4.90 Å². The van der Waals surface area contributed by atoms with E-state index in [4.69, 9.17) is 28.4 Å². The maximum absolute atomic E-state index is 13.4. The Morgan fingerprint density at radius 3 is 1.68 bits per heavy atom. The zero-order valence-electron chi connectivity index (χ0n) is 41.1. The van der Waals surface area contributed by atoms with Gasteiger partial charge in [-0.15, -0.1) is 0 Å². The van der Waals surface area contributed by atoms with Crippen LogP contribution in [0, 0.1) is 10.8 Å². The number of hydrogen-bond donors (Lipinski definition) is 0. The van der Waals surface area contributed by atoms with Crippen LogP contribution in [0.25, 0.3) is 10.8 Å². The highest BCUT2D eigenvalue weighted by Gasteiger charge is 2.32. The lowest BCUT2D eigenvalue weighted by Gasteiger charge is -2.26. The van der Waals surface area contributed by atoms with E-state index in [1.807, 2.05) is 50.2 Å². The molecule has 0 aliphatic carbocycles. The Balaban J connectivity index is 1.73. The first-order valence-corrected chi connectivity index (χ1v) is 24.2. The maximum Gasteiger partial charge on any atom is 0.419 e. The number of nitrogens with zero attached hydrogens (tertiary/aromatic N) is 1. The Bertz CT molecular complexity index is 1720. The monoisotopic (exact) mass is 912 g/mol. The van der Waals surface area contributed by atoms with E-state index in [0.717, 1.165) is 124 Å². The molecule has 0 saturated heterocycles. The van der Waals surface area contributed by atoms with Crippen LogP contribution >= 0.6 is 0 Å². The van der Waals surface area contributed by atoms with Crippen LogP contribution in [0.3, 0.4) is 0 Å². The molecule has 0 radical (unpaired) electrons.